The molecule has 0 fully saturated rings. The minimum absolute atomic E-state index is 0.153. The van der Waals surface area contributed by atoms with Crippen molar-refractivity contribution in [2.45, 2.75) is 78.0 Å². The number of rotatable bonds is 20. The Labute approximate surface area is 258 Å². The van der Waals surface area contributed by atoms with Crippen LogP contribution in [0, 0.1) is 0 Å². The molecule has 0 aliphatic carbocycles. The number of para-hydroxylation sites is 1. The first-order chi connectivity index (χ1) is 20.5. The van der Waals surface area contributed by atoms with Crippen molar-refractivity contribution < 1.29 is 9.53 Å². The predicted molar refractivity (Wildman–Crippen MR) is 178 cm³/mol. The lowest BCUT2D eigenvalue weighted by atomic mass is 10.1. The van der Waals surface area contributed by atoms with Gasteiger partial charge in [0.25, 0.3) is 0 Å². The van der Waals surface area contributed by atoms with Crippen molar-refractivity contribution in [1.82, 2.24) is 34.6 Å². The number of carbonyl (C=O) groups is 1. The maximum atomic E-state index is 12.9. The number of fused-ring (bicyclic) bond motifs is 3. The molecule has 0 saturated carbocycles. The average Bonchev–Trinajstić information content (AvgIpc) is 3.29. The summed E-state index contributed by atoms with van der Waals surface area (Å²) >= 11 is 0. The maximum Gasteiger partial charge on any atom is 0.306 e. The fourth-order valence-electron chi connectivity index (χ4n) is 5.54. The van der Waals surface area contributed by atoms with E-state index in [0.717, 1.165) is 80.8 Å². The summed E-state index contributed by atoms with van der Waals surface area (Å²) in [6, 6.07) is 7.96. The van der Waals surface area contributed by atoms with Crippen LogP contribution in [-0.2, 0) is 22.6 Å². The standard InChI is InChI=1S/C33H56N8O2/c1-8-35-24-28-37-30-31(26-16-11-12-17-27(26)36-32(30)34)41(28)25-33(2,3)43-29(42)18-10-9-13-20-39(6)22-15-23-40(7)21-14-19-38(4)5/h11-12,16-17,35H,8-10,13-15,18-25H2,1-7H3,(H2,34,36). The molecule has 0 aliphatic heterocycles. The fraction of sp³-hybridized carbons (Fsp3) is 0.667. The first-order valence-corrected chi connectivity index (χ1v) is 16.0. The number of nitrogens with two attached hydrogens (primary N) is 1. The van der Waals surface area contributed by atoms with Crippen molar-refractivity contribution in [2.75, 3.05) is 73.2 Å². The van der Waals surface area contributed by atoms with E-state index in [0.29, 0.717) is 30.8 Å². The van der Waals surface area contributed by atoms with Gasteiger partial charge < -0.3 is 35.1 Å². The number of benzene rings is 1. The second kappa shape index (κ2) is 16.9. The van der Waals surface area contributed by atoms with E-state index in [4.69, 9.17) is 15.5 Å². The molecule has 240 valence electrons. The SMILES string of the molecule is CCNCc1nc2c(N)nc3ccccc3c2n1CC(C)(C)OC(=O)CCCCCN(C)CCCN(C)CCCN(C)C. The predicted octanol–water partition coefficient (Wildman–Crippen LogP) is 4.36. The Morgan fingerprint density at radius 2 is 1.58 bits per heavy atom. The van der Waals surface area contributed by atoms with Crippen molar-refractivity contribution >= 4 is 33.7 Å². The van der Waals surface area contributed by atoms with Gasteiger partial charge in [-0.1, -0.05) is 31.5 Å². The van der Waals surface area contributed by atoms with Crippen molar-refractivity contribution in [3.63, 3.8) is 0 Å². The van der Waals surface area contributed by atoms with Gasteiger partial charge in [-0.2, -0.15) is 0 Å². The van der Waals surface area contributed by atoms with Gasteiger partial charge in [-0.25, -0.2) is 9.97 Å². The summed E-state index contributed by atoms with van der Waals surface area (Å²) in [6.45, 7) is 13.5. The molecule has 3 N–H and O–H groups in total. The minimum Gasteiger partial charge on any atom is -0.458 e. The Balaban J connectivity index is 1.47. The van der Waals surface area contributed by atoms with E-state index in [1.54, 1.807) is 0 Å². The van der Waals surface area contributed by atoms with E-state index in [-0.39, 0.29) is 5.97 Å². The van der Waals surface area contributed by atoms with E-state index in [9.17, 15) is 4.79 Å². The monoisotopic (exact) mass is 596 g/mol. The molecular weight excluding hydrogens is 540 g/mol. The van der Waals surface area contributed by atoms with Crippen LogP contribution in [0.4, 0.5) is 5.82 Å². The van der Waals surface area contributed by atoms with Gasteiger partial charge in [0.1, 0.15) is 16.9 Å². The van der Waals surface area contributed by atoms with Crippen LogP contribution in [-0.4, -0.2) is 108 Å². The van der Waals surface area contributed by atoms with Gasteiger partial charge in [0.05, 0.1) is 24.1 Å². The summed E-state index contributed by atoms with van der Waals surface area (Å²) in [6.07, 6.45) is 5.76. The number of aromatic nitrogens is 3. The number of unbranched alkanes of at least 4 members (excludes halogenated alkanes) is 2. The van der Waals surface area contributed by atoms with Gasteiger partial charge in [0.15, 0.2) is 5.82 Å². The number of hydrogen-bond donors (Lipinski definition) is 2. The molecule has 0 saturated heterocycles. The number of esters is 1. The van der Waals surface area contributed by atoms with Gasteiger partial charge in [0.2, 0.25) is 0 Å². The summed E-state index contributed by atoms with van der Waals surface area (Å²) in [5, 5.41) is 4.36. The molecule has 10 nitrogen and oxygen atoms in total. The number of nitrogen functional groups attached to an aromatic ring is 1. The number of nitrogens with zero attached hydrogens (tertiary/aromatic N) is 6. The summed E-state index contributed by atoms with van der Waals surface area (Å²) in [5.41, 5.74) is 8.06. The van der Waals surface area contributed by atoms with E-state index < -0.39 is 5.60 Å². The quantitative estimate of drug-likeness (QED) is 0.145. The number of carbonyl (C=O) groups excluding carboxylic acids is 1. The topological polar surface area (TPSA) is 105 Å². The third kappa shape index (κ3) is 11.0. The molecular formula is C33H56N8O2. The van der Waals surface area contributed by atoms with Crippen molar-refractivity contribution in [1.29, 1.82) is 0 Å². The van der Waals surface area contributed by atoms with Gasteiger partial charge in [-0.3, -0.25) is 4.79 Å². The highest BCUT2D eigenvalue weighted by molar-refractivity contribution is 6.06. The van der Waals surface area contributed by atoms with Crippen molar-refractivity contribution in [3.8, 4) is 0 Å². The molecule has 0 unspecified atom stereocenters. The van der Waals surface area contributed by atoms with Crippen LogP contribution in [0.25, 0.3) is 21.9 Å². The smallest absolute Gasteiger partial charge is 0.306 e. The number of hydrogen-bond acceptors (Lipinski definition) is 9. The lowest BCUT2D eigenvalue weighted by Crippen LogP contribution is -2.34. The Hall–Kier alpha value is -2.79. The van der Waals surface area contributed by atoms with Crippen LogP contribution >= 0.6 is 0 Å². The molecule has 1 aromatic carbocycles. The number of imidazole rings is 1. The highest BCUT2D eigenvalue weighted by Gasteiger charge is 2.27. The van der Waals surface area contributed by atoms with Crippen molar-refractivity contribution in [2.24, 2.45) is 0 Å². The molecule has 10 heteroatoms. The van der Waals surface area contributed by atoms with Gasteiger partial charge in [0, 0.05) is 11.8 Å². The largest absolute Gasteiger partial charge is 0.458 e. The number of pyridine rings is 1. The average molecular weight is 597 g/mol. The Morgan fingerprint density at radius 3 is 2.26 bits per heavy atom. The van der Waals surface area contributed by atoms with E-state index in [1.807, 2.05) is 38.1 Å². The summed E-state index contributed by atoms with van der Waals surface area (Å²) in [7, 11) is 8.66. The number of anilines is 1. The van der Waals surface area contributed by atoms with Crippen LogP contribution in [0.1, 0.15) is 65.1 Å². The fourth-order valence-corrected chi connectivity index (χ4v) is 5.54. The third-order valence-corrected chi connectivity index (χ3v) is 7.80. The Bertz CT molecular complexity index is 1290. The van der Waals surface area contributed by atoms with Gasteiger partial charge in [-0.15, -0.1) is 0 Å². The molecule has 43 heavy (non-hydrogen) atoms. The van der Waals surface area contributed by atoms with Gasteiger partial charge in [-0.05, 0) is 113 Å². The summed E-state index contributed by atoms with van der Waals surface area (Å²) in [5.74, 6) is 1.11. The second-order valence-corrected chi connectivity index (χ2v) is 12.8. The maximum absolute atomic E-state index is 12.9. The minimum atomic E-state index is -0.718. The zero-order chi connectivity index (χ0) is 31.4. The van der Waals surface area contributed by atoms with Crippen LogP contribution in [0.15, 0.2) is 24.3 Å². The molecule has 0 amide bonds. The van der Waals surface area contributed by atoms with Crippen LogP contribution in [0.5, 0.6) is 0 Å². The summed E-state index contributed by atoms with van der Waals surface area (Å²) < 4.78 is 8.18. The molecule has 2 aromatic heterocycles. The van der Waals surface area contributed by atoms with Crippen LogP contribution in [0.2, 0.25) is 0 Å². The lowest BCUT2D eigenvalue weighted by molar-refractivity contribution is -0.157. The zero-order valence-electron chi connectivity index (χ0n) is 27.8. The Kier molecular flexibility index (Phi) is 13.6. The number of nitrogens with one attached hydrogen (secondary N) is 1. The first kappa shape index (κ1) is 34.7. The number of ether oxygens (including phenoxy) is 1. The zero-order valence-corrected chi connectivity index (χ0v) is 27.8. The normalized spacial score (nSPS) is 12.4. The molecule has 3 rings (SSSR count). The molecule has 0 spiro atoms. The molecule has 0 radical (unpaired) electrons. The van der Waals surface area contributed by atoms with Crippen molar-refractivity contribution in [3.05, 3.63) is 30.1 Å². The third-order valence-electron chi connectivity index (χ3n) is 7.80. The van der Waals surface area contributed by atoms with E-state index in [1.165, 1.54) is 12.8 Å². The molecule has 0 bridgehead atoms. The van der Waals surface area contributed by atoms with E-state index >= 15 is 0 Å². The van der Waals surface area contributed by atoms with Crippen LogP contribution < -0.4 is 11.1 Å². The molecule has 0 aliphatic rings. The molecule has 2 heterocycles. The first-order valence-electron chi connectivity index (χ1n) is 16.0. The Morgan fingerprint density at radius 1 is 0.930 bits per heavy atom. The molecule has 0 atom stereocenters. The summed E-state index contributed by atoms with van der Waals surface area (Å²) in [4.78, 5) is 29.4. The highest BCUT2D eigenvalue weighted by Crippen LogP contribution is 2.30. The lowest BCUT2D eigenvalue weighted by Gasteiger charge is -2.27. The highest BCUT2D eigenvalue weighted by atomic mass is 16.6. The molecule has 3 aromatic rings. The van der Waals surface area contributed by atoms with E-state index in [2.05, 4.69) is 64.7 Å². The van der Waals surface area contributed by atoms with Crippen LogP contribution in [0.3, 0.4) is 0 Å². The van der Waals surface area contributed by atoms with Gasteiger partial charge >= 0.3 is 5.97 Å². The second-order valence-electron chi connectivity index (χ2n) is 12.8.